The molecule has 2 heterocycles. The lowest BCUT2D eigenvalue weighted by molar-refractivity contribution is 0.0710. The second-order valence-electron chi connectivity index (χ2n) is 7.22. The van der Waals surface area contributed by atoms with Crippen molar-refractivity contribution in [3.05, 3.63) is 47.0 Å². The van der Waals surface area contributed by atoms with Crippen molar-refractivity contribution < 1.29 is 9.90 Å². The summed E-state index contributed by atoms with van der Waals surface area (Å²) in [5, 5.41) is 27.0. The molecule has 2 aromatic rings. The number of nitriles is 1. The molecule has 0 saturated carbocycles. The Kier molecular flexibility index (Phi) is 6.39. The summed E-state index contributed by atoms with van der Waals surface area (Å²) < 4.78 is 2.03. The molecular weight excluding hydrogens is 356 g/mol. The van der Waals surface area contributed by atoms with Crippen LogP contribution in [0.5, 0.6) is 0 Å². The molecule has 1 amide bonds. The molecule has 8 nitrogen and oxygen atoms in total. The minimum absolute atomic E-state index is 0.0834. The molecule has 1 N–H and O–H groups in total. The summed E-state index contributed by atoms with van der Waals surface area (Å²) in [6, 6.07) is 9.04. The van der Waals surface area contributed by atoms with E-state index in [9.17, 15) is 10.1 Å². The third kappa shape index (κ3) is 4.21. The van der Waals surface area contributed by atoms with Crippen LogP contribution in [0.2, 0.25) is 0 Å². The van der Waals surface area contributed by atoms with Gasteiger partial charge in [-0.2, -0.15) is 5.26 Å². The van der Waals surface area contributed by atoms with Crippen LogP contribution in [0.25, 0.3) is 0 Å². The number of piperidine rings is 1. The van der Waals surface area contributed by atoms with E-state index in [2.05, 4.69) is 16.3 Å². The predicted molar refractivity (Wildman–Crippen MR) is 103 cm³/mol. The SMILES string of the molecule is CN(CCO)Cc1nnc(C2CCN(C(=O)c3ccccc3C#N)CC2)n1C. The van der Waals surface area contributed by atoms with Crippen LogP contribution in [0.1, 0.15) is 46.3 Å². The number of carbonyl (C=O) groups excluding carboxylic acids is 1. The molecule has 148 valence electrons. The number of likely N-dealkylation sites (N-methyl/N-ethyl adjacent to an activating group) is 1. The highest BCUT2D eigenvalue weighted by Crippen LogP contribution is 2.28. The Hall–Kier alpha value is -2.76. The van der Waals surface area contributed by atoms with Gasteiger partial charge in [-0.3, -0.25) is 9.69 Å². The fourth-order valence-corrected chi connectivity index (χ4v) is 3.64. The van der Waals surface area contributed by atoms with Crippen molar-refractivity contribution >= 4 is 5.91 Å². The van der Waals surface area contributed by atoms with Crippen LogP contribution in [0.15, 0.2) is 24.3 Å². The lowest BCUT2D eigenvalue weighted by atomic mass is 9.95. The summed E-state index contributed by atoms with van der Waals surface area (Å²) in [6.07, 6.45) is 1.64. The summed E-state index contributed by atoms with van der Waals surface area (Å²) in [5.74, 6) is 1.98. The lowest BCUT2D eigenvalue weighted by Crippen LogP contribution is -2.38. The number of carbonyl (C=O) groups is 1. The van der Waals surface area contributed by atoms with Gasteiger partial charge in [-0.05, 0) is 32.0 Å². The number of aromatic nitrogens is 3. The summed E-state index contributed by atoms with van der Waals surface area (Å²) in [4.78, 5) is 16.6. The van der Waals surface area contributed by atoms with E-state index in [-0.39, 0.29) is 18.4 Å². The summed E-state index contributed by atoms with van der Waals surface area (Å²) >= 11 is 0. The standard InChI is InChI=1S/C20H26N6O2/c1-24(11-12-27)14-18-22-23-19(25(18)2)15-7-9-26(10-8-15)20(28)17-6-4-3-5-16(17)13-21/h3-6,15,27H,7-12,14H2,1-2H3. The van der Waals surface area contributed by atoms with Crippen LogP contribution < -0.4 is 0 Å². The third-order valence-electron chi connectivity index (χ3n) is 5.32. The first-order chi connectivity index (χ1) is 13.5. The highest BCUT2D eigenvalue weighted by molar-refractivity contribution is 5.96. The molecule has 0 aliphatic carbocycles. The van der Waals surface area contributed by atoms with Gasteiger partial charge < -0.3 is 14.6 Å². The highest BCUT2D eigenvalue weighted by atomic mass is 16.3. The Morgan fingerprint density at radius 2 is 2.04 bits per heavy atom. The van der Waals surface area contributed by atoms with Crippen LogP contribution in [-0.4, -0.2) is 68.9 Å². The maximum Gasteiger partial charge on any atom is 0.255 e. The van der Waals surface area contributed by atoms with Crippen molar-refractivity contribution in [3.8, 4) is 6.07 Å². The average molecular weight is 382 g/mol. The van der Waals surface area contributed by atoms with Gasteiger partial charge in [0.15, 0.2) is 0 Å². The molecule has 0 atom stereocenters. The van der Waals surface area contributed by atoms with Gasteiger partial charge in [-0.1, -0.05) is 12.1 Å². The molecule has 0 spiro atoms. The normalized spacial score (nSPS) is 15.0. The molecule has 0 radical (unpaired) electrons. The Morgan fingerprint density at radius 3 is 2.71 bits per heavy atom. The summed E-state index contributed by atoms with van der Waals surface area (Å²) in [7, 11) is 3.91. The maximum absolute atomic E-state index is 12.8. The van der Waals surface area contributed by atoms with Crippen LogP contribution >= 0.6 is 0 Å². The number of likely N-dealkylation sites (tertiary alicyclic amines) is 1. The first kappa shape index (κ1) is 20.0. The van der Waals surface area contributed by atoms with Gasteiger partial charge >= 0.3 is 0 Å². The van der Waals surface area contributed by atoms with Gasteiger partial charge in [0.2, 0.25) is 0 Å². The monoisotopic (exact) mass is 382 g/mol. The number of amides is 1. The van der Waals surface area contributed by atoms with E-state index in [4.69, 9.17) is 5.11 Å². The number of hydrogen-bond donors (Lipinski definition) is 1. The molecule has 1 aliphatic rings. The largest absolute Gasteiger partial charge is 0.395 e. The van der Waals surface area contributed by atoms with E-state index < -0.39 is 0 Å². The van der Waals surface area contributed by atoms with Crippen molar-refractivity contribution in [2.75, 3.05) is 33.3 Å². The van der Waals surface area contributed by atoms with Crippen LogP contribution in [0.4, 0.5) is 0 Å². The average Bonchev–Trinajstić information content (AvgIpc) is 3.08. The Labute approximate surface area is 165 Å². The van der Waals surface area contributed by atoms with Crippen molar-refractivity contribution in [2.45, 2.75) is 25.3 Å². The molecule has 3 rings (SSSR count). The first-order valence-corrected chi connectivity index (χ1v) is 9.51. The minimum atomic E-state index is -0.0834. The number of benzene rings is 1. The predicted octanol–water partition coefficient (Wildman–Crippen LogP) is 1.13. The number of hydrogen-bond acceptors (Lipinski definition) is 6. The molecule has 0 unspecified atom stereocenters. The zero-order valence-electron chi connectivity index (χ0n) is 16.4. The second kappa shape index (κ2) is 8.95. The number of aliphatic hydroxyl groups is 1. The van der Waals surface area contributed by atoms with Crippen LogP contribution in [-0.2, 0) is 13.6 Å². The molecule has 1 fully saturated rings. The lowest BCUT2D eigenvalue weighted by Gasteiger charge is -2.31. The minimum Gasteiger partial charge on any atom is -0.395 e. The van der Waals surface area contributed by atoms with Gasteiger partial charge in [-0.15, -0.1) is 10.2 Å². The van der Waals surface area contributed by atoms with Crippen molar-refractivity contribution in [2.24, 2.45) is 7.05 Å². The van der Waals surface area contributed by atoms with Crippen LogP contribution in [0.3, 0.4) is 0 Å². The van der Waals surface area contributed by atoms with E-state index in [1.165, 1.54) is 0 Å². The van der Waals surface area contributed by atoms with Crippen molar-refractivity contribution in [3.63, 3.8) is 0 Å². The smallest absolute Gasteiger partial charge is 0.255 e. The molecule has 1 saturated heterocycles. The van der Waals surface area contributed by atoms with E-state index in [1.54, 1.807) is 24.3 Å². The molecule has 1 aliphatic heterocycles. The molecule has 1 aromatic carbocycles. The topological polar surface area (TPSA) is 98.3 Å². The molecular formula is C20H26N6O2. The Morgan fingerprint density at radius 1 is 1.32 bits per heavy atom. The second-order valence-corrected chi connectivity index (χ2v) is 7.22. The van der Waals surface area contributed by atoms with Crippen molar-refractivity contribution in [1.82, 2.24) is 24.6 Å². The molecule has 0 bridgehead atoms. The fourth-order valence-electron chi connectivity index (χ4n) is 3.64. The van der Waals surface area contributed by atoms with Gasteiger partial charge in [0.05, 0.1) is 30.3 Å². The number of aliphatic hydroxyl groups excluding tert-OH is 1. The van der Waals surface area contributed by atoms with E-state index >= 15 is 0 Å². The van der Waals surface area contributed by atoms with E-state index in [0.29, 0.717) is 37.3 Å². The third-order valence-corrected chi connectivity index (χ3v) is 5.32. The quantitative estimate of drug-likeness (QED) is 0.804. The Bertz CT molecular complexity index is 864. The first-order valence-electron chi connectivity index (χ1n) is 9.51. The van der Waals surface area contributed by atoms with Gasteiger partial charge in [0, 0.05) is 32.6 Å². The van der Waals surface area contributed by atoms with Gasteiger partial charge in [-0.25, -0.2) is 0 Å². The highest BCUT2D eigenvalue weighted by Gasteiger charge is 2.28. The van der Waals surface area contributed by atoms with Crippen LogP contribution in [0, 0.1) is 11.3 Å². The van der Waals surface area contributed by atoms with Crippen molar-refractivity contribution in [1.29, 1.82) is 5.26 Å². The maximum atomic E-state index is 12.8. The van der Waals surface area contributed by atoms with Gasteiger partial charge in [0.25, 0.3) is 5.91 Å². The van der Waals surface area contributed by atoms with E-state index in [1.807, 2.05) is 28.5 Å². The molecule has 1 aromatic heterocycles. The zero-order chi connectivity index (χ0) is 20.1. The molecule has 8 heteroatoms. The number of nitrogens with zero attached hydrogens (tertiary/aromatic N) is 6. The summed E-state index contributed by atoms with van der Waals surface area (Å²) in [5.41, 5.74) is 0.885. The van der Waals surface area contributed by atoms with Gasteiger partial charge in [0.1, 0.15) is 11.6 Å². The number of rotatable bonds is 6. The fraction of sp³-hybridized carbons (Fsp3) is 0.500. The van der Waals surface area contributed by atoms with E-state index in [0.717, 1.165) is 24.5 Å². The Balaban J connectivity index is 1.64. The summed E-state index contributed by atoms with van der Waals surface area (Å²) in [6.45, 7) is 2.60. The molecule has 28 heavy (non-hydrogen) atoms. The zero-order valence-corrected chi connectivity index (χ0v) is 16.4.